The number of rotatable bonds is 8. The molecule has 2 N–H and O–H groups in total. The number of urea groups is 1. The smallest absolute Gasteiger partial charge is 0.334 e. The van der Waals surface area contributed by atoms with Crippen molar-refractivity contribution >= 4 is 17.8 Å². The number of fused-ring (bicyclic) bond motifs is 1. The van der Waals surface area contributed by atoms with Gasteiger partial charge in [-0.25, -0.2) is 14.8 Å². The maximum atomic E-state index is 13.5. The summed E-state index contributed by atoms with van der Waals surface area (Å²) in [6.07, 6.45) is -0.380. The number of carbonyl (C=O) groups excluding carboxylic acids is 3. The van der Waals surface area contributed by atoms with Gasteiger partial charge in [-0.05, 0) is 23.3 Å². The van der Waals surface area contributed by atoms with Crippen LogP contribution in [0.25, 0.3) is 0 Å². The molecule has 0 radical (unpaired) electrons. The summed E-state index contributed by atoms with van der Waals surface area (Å²) in [6, 6.07) is 15.1. The molecule has 10 nitrogen and oxygen atoms in total. The molecule has 0 unspecified atom stereocenters. The quantitative estimate of drug-likeness (QED) is 0.574. The SMILES string of the molecule is CCN1CC(=O)N2[C@@H](Cc3ccc(O)cc3)C(=O)N(CCOC)C[C@@H]2N1C(=O)NCc1ccccc1. The van der Waals surface area contributed by atoms with Gasteiger partial charge in [-0.1, -0.05) is 49.4 Å². The predicted molar refractivity (Wildman–Crippen MR) is 132 cm³/mol. The Balaban J connectivity index is 1.63. The van der Waals surface area contributed by atoms with E-state index in [4.69, 9.17) is 4.74 Å². The standard InChI is InChI=1S/C26H33N5O5/c1-3-29-18-24(33)30-22(15-19-9-11-21(32)12-10-19)25(34)28(13-14-36-2)17-23(30)31(29)26(35)27-16-20-7-5-4-6-8-20/h4-12,22-23,32H,3,13-18H2,1-2H3,(H,27,35)/t22-,23-/m0/s1. The maximum absolute atomic E-state index is 13.5. The first kappa shape index (κ1) is 25.5. The van der Waals surface area contributed by atoms with Crippen LogP contribution in [0.5, 0.6) is 5.75 Å². The number of benzene rings is 2. The lowest BCUT2D eigenvalue weighted by molar-refractivity contribution is -0.190. The minimum Gasteiger partial charge on any atom is -0.508 e. The second kappa shape index (κ2) is 11.4. The van der Waals surface area contributed by atoms with E-state index in [1.54, 1.807) is 51.2 Å². The molecule has 2 fully saturated rings. The first-order valence-electron chi connectivity index (χ1n) is 12.2. The number of phenols is 1. The first-order valence-corrected chi connectivity index (χ1v) is 12.2. The summed E-state index contributed by atoms with van der Waals surface area (Å²) >= 11 is 0. The Morgan fingerprint density at radius 3 is 2.47 bits per heavy atom. The number of likely N-dealkylation sites (N-methyl/N-ethyl adjacent to an activating group) is 1. The van der Waals surface area contributed by atoms with Crippen molar-refractivity contribution in [3.8, 4) is 5.75 Å². The normalized spacial score (nSPS) is 20.4. The Kier molecular flexibility index (Phi) is 8.07. The molecule has 4 rings (SSSR count). The summed E-state index contributed by atoms with van der Waals surface area (Å²) in [5.74, 6) is -0.251. The van der Waals surface area contributed by atoms with E-state index < -0.39 is 12.2 Å². The highest BCUT2D eigenvalue weighted by Crippen LogP contribution is 2.28. The second-order valence-corrected chi connectivity index (χ2v) is 8.91. The number of nitrogens with zero attached hydrogens (tertiary/aromatic N) is 4. The van der Waals surface area contributed by atoms with Crippen LogP contribution in [-0.2, 0) is 27.3 Å². The molecule has 192 valence electrons. The predicted octanol–water partition coefficient (Wildman–Crippen LogP) is 1.41. The lowest BCUT2D eigenvalue weighted by Crippen LogP contribution is -2.76. The number of hydrogen-bond donors (Lipinski definition) is 2. The fraction of sp³-hybridized carbons (Fsp3) is 0.423. The summed E-state index contributed by atoms with van der Waals surface area (Å²) in [5.41, 5.74) is 1.77. The number of nitrogens with one attached hydrogen (secondary N) is 1. The Morgan fingerprint density at radius 2 is 1.81 bits per heavy atom. The molecule has 2 aliphatic heterocycles. The molecule has 4 amide bonds. The fourth-order valence-corrected chi connectivity index (χ4v) is 4.78. The van der Waals surface area contributed by atoms with Gasteiger partial charge in [-0.2, -0.15) is 0 Å². The van der Waals surface area contributed by atoms with Crippen molar-refractivity contribution in [2.24, 2.45) is 0 Å². The van der Waals surface area contributed by atoms with Crippen LogP contribution in [0.3, 0.4) is 0 Å². The molecular formula is C26H33N5O5. The molecular weight excluding hydrogens is 462 g/mol. The average Bonchev–Trinajstić information content (AvgIpc) is 2.89. The number of amides is 4. The number of hydrazine groups is 1. The van der Waals surface area contributed by atoms with Gasteiger partial charge >= 0.3 is 6.03 Å². The molecule has 36 heavy (non-hydrogen) atoms. The third-order valence-electron chi connectivity index (χ3n) is 6.62. The number of carbonyl (C=O) groups is 3. The van der Waals surface area contributed by atoms with E-state index in [0.717, 1.165) is 11.1 Å². The van der Waals surface area contributed by atoms with Crippen LogP contribution in [0, 0.1) is 0 Å². The van der Waals surface area contributed by atoms with Gasteiger partial charge in [0.1, 0.15) is 18.0 Å². The minimum absolute atomic E-state index is 0.00316. The highest BCUT2D eigenvalue weighted by Gasteiger charge is 2.50. The van der Waals surface area contributed by atoms with Gasteiger partial charge in [-0.3, -0.25) is 9.59 Å². The summed E-state index contributed by atoms with van der Waals surface area (Å²) in [4.78, 5) is 43.6. The second-order valence-electron chi connectivity index (χ2n) is 8.91. The molecule has 2 aromatic carbocycles. The van der Waals surface area contributed by atoms with E-state index in [9.17, 15) is 19.5 Å². The summed E-state index contributed by atoms with van der Waals surface area (Å²) in [7, 11) is 1.57. The topological polar surface area (TPSA) is 106 Å². The van der Waals surface area contributed by atoms with E-state index in [0.29, 0.717) is 26.2 Å². The Bertz CT molecular complexity index is 1060. The van der Waals surface area contributed by atoms with Crippen LogP contribution in [0.4, 0.5) is 4.79 Å². The van der Waals surface area contributed by atoms with Crippen molar-refractivity contribution in [1.29, 1.82) is 0 Å². The van der Waals surface area contributed by atoms with Gasteiger partial charge in [0.15, 0.2) is 0 Å². The van der Waals surface area contributed by atoms with Crippen LogP contribution in [0.2, 0.25) is 0 Å². The van der Waals surface area contributed by atoms with E-state index in [-0.39, 0.29) is 43.1 Å². The van der Waals surface area contributed by atoms with Crippen molar-refractivity contribution in [2.45, 2.75) is 32.1 Å². The monoisotopic (exact) mass is 495 g/mol. The number of phenolic OH excluding ortho intramolecular Hbond substituents is 1. The van der Waals surface area contributed by atoms with Gasteiger partial charge in [0.05, 0.1) is 19.7 Å². The van der Waals surface area contributed by atoms with E-state index in [2.05, 4.69) is 5.32 Å². The van der Waals surface area contributed by atoms with Gasteiger partial charge in [0.2, 0.25) is 11.8 Å². The number of ether oxygens (including phenoxy) is 1. The minimum atomic E-state index is -0.777. The number of methoxy groups -OCH3 is 1. The highest BCUT2D eigenvalue weighted by atomic mass is 16.5. The Morgan fingerprint density at radius 1 is 1.08 bits per heavy atom. The molecule has 0 bridgehead atoms. The molecule has 0 aromatic heterocycles. The first-order chi connectivity index (χ1) is 17.4. The van der Waals surface area contributed by atoms with Crippen molar-refractivity contribution in [1.82, 2.24) is 25.1 Å². The average molecular weight is 496 g/mol. The third-order valence-corrected chi connectivity index (χ3v) is 6.62. The number of hydrogen-bond acceptors (Lipinski definition) is 6. The van der Waals surface area contributed by atoms with E-state index >= 15 is 0 Å². The molecule has 2 atom stereocenters. The molecule has 2 saturated heterocycles. The van der Waals surface area contributed by atoms with Crippen molar-refractivity contribution in [2.75, 3.05) is 39.9 Å². The zero-order valence-corrected chi connectivity index (χ0v) is 20.7. The molecule has 2 aliphatic rings. The van der Waals surface area contributed by atoms with Crippen molar-refractivity contribution in [3.05, 3.63) is 65.7 Å². The highest BCUT2D eigenvalue weighted by molar-refractivity contribution is 5.91. The third kappa shape index (κ3) is 5.44. The zero-order chi connectivity index (χ0) is 25.7. The molecule has 10 heteroatoms. The molecule has 0 aliphatic carbocycles. The van der Waals surface area contributed by atoms with Crippen LogP contribution >= 0.6 is 0 Å². The lowest BCUT2D eigenvalue weighted by atomic mass is 9.98. The maximum Gasteiger partial charge on any atom is 0.334 e. The fourth-order valence-electron chi connectivity index (χ4n) is 4.78. The molecule has 2 aromatic rings. The van der Waals surface area contributed by atoms with Gasteiger partial charge in [0.25, 0.3) is 0 Å². The van der Waals surface area contributed by atoms with E-state index in [1.807, 2.05) is 37.3 Å². The Labute approximate surface area is 211 Å². The van der Waals surface area contributed by atoms with Crippen LogP contribution in [0.1, 0.15) is 18.1 Å². The summed E-state index contributed by atoms with van der Waals surface area (Å²) < 4.78 is 5.22. The van der Waals surface area contributed by atoms with Gasteiger partial charge in [-0.15, -0.1) is 0 Å². The van der Waals surface area contributed by atoms with E-state index in [1.165, 1.54) is 0 Å². The van der Waals surface area contributed by atoms with Crippen LogP contribution in [-0.4, -0.2) is 94.9 Å². The zero-order valence-electron chi connectivity index (χ0n) is 20.7. The largest absolute Gasteiger partial charge is 0.508 e. The van der Waals surface area contributed by atoms with Crippen LogP contribution < -0.4 is 5.32 Å². The summed E-state index contributed by atoms with van der Waals surface area (Å²) in [5, 5.41) is 15.9. The van der Waals surface area contributed by atoms with Crippen LogP contribution in [0.15, 0.2) is 54.6 Å². The van der Waals surface area contributed by atoms with Gasteiger partial charge in [0, 0.05) is 33.2 Å². The summed E-state index contributed by atoms with van der Waals surface area (Å²) in [6.45, 7) is 3.59. The van der Waals surface area contributed by atoms with Gasteiger partial charge < -0.3 is 25.0 Å². The Hall–Kier alpha value is -3.63. The van der Waals surface area contributed by atoms with Crippen molar-refractivity contribution < 1.29 is 24.2 Å². The molecule has 0 saturated carbocycles. The number of piperazine rings is 1. The number of aromatic hydroxyl groups is 1. The molecule has 2 heterocycles. The van der Waals surface area contributed by atoms with Crippen molar-refractivity contribution in [3.63, 3.8) is 0 Å². The molecule has 0 spiro atoms. The lowest BCUT2D eigenvalue weighted by Gasteiger charge is -2.55.